The van der Waals surface area contributed by atoms with E-state index in [1.165, 1.54) is 10.6 Å². The van der Waals surface area contributed by atoms with Crippen molar-refractivity contribution in [3.05, 3.63) is 86.9 Å². The van der Waals surface area contributed by atoms with Gasteiger partial charge in [0.25, 0.3) is 5.56 Å². The maximum Gasteiger partial charge on any atom is 0.496 e. The molecule has 0 spiro atoms. The van der Waals surface area contributed by atoms with Crippen LogP contribution >= 0.6 is 23.2 Å². The highest BCUT2D eigenvalue weighted by molar-refractivity contribution is 6.66. The van der Waals surface area contributed by atoms with Crippen LogP contribution in [-0.2, 0) is 25.4 Å². The van der Waals surface area contributed by atoms with Crippen LogP contribution in [0.3, 0.4) is 0 Å². The highest BCUT2D eigenvalue weighted by Gasteiger charge is 2.52. The van der Waals surface area contributed by atoms with Gasteiger partial charge in [0.05, 0.1) is 21.8 Å². The molecule has 238 valence electrons. The molecule has 2 saturated heterocycles. The topological polar surface area (TPSA) is 120 Å². The minimum Gasteiger partial charge on any atom is -0.444 e. The number of nitrogens with one attached hydrogen (secondary N) is 2. The van der Waals surface area contributed by atoms with E-state index in [0.717, 1.165) is 22.3 Å². The van der Waals surface area contributed by atoms with Crippen molar-refractivity contribution < 1.29 is 23.6 Å². The quantitative estimate of drug-likeness (QED) is 0.263. The summed E-state index contributed by atoms with van der Waals surface area (Å²) in [5.74, 6) is -0.0399. The lowest BCUT2D eigenvalue weighted by atomic mass is 9.77. The second kappa shape index (κ2) is 12.4. The molecule has 2 fully saturated rings. The van der Waals surface area contributed by atoms with Crippen LogP contribution in [0, 0.1) is 0 Å². The zero-order chi connectivity index (χ0) is 32.8. The molecule has 0 aliphatic carbocycles. The number of rotatable bonds is 7. The van der Waals surface area contributed by atoms with Crippen molar-refractivity contribution in [3.63, 3.8) is 0 Å². The van der Waals surface area contributed by atoms with Crippen LogP contribution in [0.15, 0.2) is 65.7 Å². The fraction of sp³-hybridized carbons (Fsp3) is 0.333. The number of fused-ring (bicyclic) bond motifs is 1. The van der Waals surface area contributed by atoms with Crippen LogP contribution in [0.25, 0.3) is 27.9 Å². The molecule has 46 heavy (non-hydrogen) atoms. The van der Waals surface area contributed by atoms with Crippen LogP contribution < -0.4 is 21.7 Å². The Balaban J connectivity index is 1.22. The van der Waals surface area contributed by atoms with E-state index in [1.54, 1.807) is 18.3 Å². The van der Waals surface area contributed by atoms with Gasteiger partial charge in [0, 0.05) is 58.6 Å². The number of benzene rings is 2. The predicted octanol–water partition coefficient (Wildman–Crippen LogP) is 5.14. The molecule has 0 unspecified atom stereocenters. The molecule has 1 atom stereocenters. The number of carbonyl (C=O) groups is 2. The van der Waals surface area contributed by atoms with Crippen molar-refractivity contribution in [2.75, 3.05) is 6.54 Å². The SMILES string of the molecule is CC1(C)OB(c2cccc(-c3cccc(-c4ccn5c(=O)c(COC(=O)NC[C@@H]6CCC(=O)N6)cnc5c4)c3Cl)c2Cl)OC1(C)C. The average molecular weight is 663 g/mol. The molecule has 13 heteroatoms. The molecule has 0 radical (unpaired) electrons. The largest absolute Gasteiger partial charge is 0.496 e. The Morgan fingerprint density at radius 1 is 1.04 bits per heavy atom. The van der Waals surface area contributed by atoms with E-state index >= 15 is 0 Å². The van der Waals surface area contributed by atoms with E-state index in [9.17, 15) is 14.4 Å². The minimum atomic E-state index is -0.683. The van der Waals surface area contributed by atoms with E-state index < -0.39 is 24.4 Å². The Morgan fingerprint density at radius 2 is 1.72 bits per heavy atom. The molecule has 0 bridgehead atoms. The molecule has 2 N–H and O–H groups in total. The van der Waals surface area contributed by atoms with Gasteiger partial charge in [-0.1, -0.05) is 59.6 Å². The first-order chi connectivity index (χ1) is 21.8. The molecule has 2 aliphatic heterocycles. The fourth-order valence-electron chi connectivity index (χ4n) is 5.48. The number of amides is 2. The predicted molar refractivity (Wildman–Crippen MR) is 177 cm³/mol. The molecule has 2 amide bonds. The first-order valence-corrected chi connectivity index (χ1v) is 15.7. The number of pyridine rings is 1. The molecular formula is C33H33BCl2N4O6. The average Bonchev–Trinajstić information content (AvgIpc) is 3.53. The lowest BCUT2D eigenvalue weighted by molar-refractivity contribution is -0.119. The van der Waals surface area contributed by atoms with E-state index in [1.807, 2.05) is 64.1 Å². The summed E-state index contributed by atoms with van der Waals surface area (Å²) in [6.45, 7) is 7.97. The summed E-state index contributed by atoms with van der Waals surface area (Å²) in [7, 11) is -0.630. The lowest BCUT2D eigenvalue weighted by Gasteiger charge is -2.32. The van der Waals surface area contributed by atoms with Crippen molar-refractivity contribution >= 4 is 53.4 Å². The second-order valence-corrected chi connectivity index (χ2v) is 13.2. The molecule has 2 aliphatic rings. The van der Waals surface area contributed by atoms with Gasteiger partial charge in [0.15, 0.2) is 0 Å². The maximum atomic E-state index is 13.2. The first-order valence-electron chi connectivity index (χ1n) is 15.0. The highest BCUT2D eigenvalue weighted by atomic mass is 35.5. The fourth-order valence-corrected chi connectivity index (χ4v) is 6.14. The van der Waals surface area contributed by atoms with E-state index in [4.69, 9.17) is 37.2 Å². The molecule has 4 heterocycles. The summed E-state index contributed by atoms with van der Waals surface area (Å²) in [5, 5.41) is 6.34. The number of hydrogen-bond donors (Lipinski definition) is 2. The van der Waals surface area contributed by atoms with Gasteiger partial charge in [0.1, 0.15) is 12.3 Å². The van der Waals surface area contributed by atoms with Crippen LogP contribution in [0.5, 0.6) is 0 Å². The molecule has 10 nitrogen and oxygen atoms in total. The molecule has 2 aromatic carbocycles. The van der Waals surface area contributed by atoms with Crippen molar-refractivity contribution in [1.82, 2.24) is 20.0 Å². The van der Waals surface area contributed by atoms with Crippen LogP contribution in [0.4, 0.5) is 4.79 Å². The monoisotopic (exact) mass is 662 g/mol. The zero-order valence-electron chi connectivity index (χ0n) is 25.9. The van der Waals surface area contributed by atoms with Crippen LogP contribution in [-0.4, -0.2) is 52.3 Å². The highest BCUT2D eigenvalue weighted by Crippen LogP contribution is 2.41. The number of aromatic nitrogens is 2. The number of ether oxygens (including phenoxy) is 1. The maximum absolute atomic E-state index is 13.2. The van der Waals surface area contributed by atoms with Crippen molar-refractivity contribution in [3.8, 4) is 22.3 Å². The van der Waals surface area contributed by atoms with Crippen LogP contribution in [0.2, 0.25) is 10.0 Å². The molecule has 0 saturated carbocycles. The summed E-state index contributed by atoms with van der Waals surface area (Å²) in [5.41, 5.74) is 2.88. The molecular weight excluding hydrogens is 630 g/mol. The smallest absolute Gasteiger partial charge is 0.444 e. The van der Waals surface area contributed by atoms with Gasteiger partial charge >= 0.3 is 13.2 Å². The third-order valence-electron chi connectivity index (χ3n) is 8.85. The summed E-state index contributed by atoms with van der Waals surface area (Å²) in [4.78, 5) is 41.1. The van der Waals surface area contributed by atoms with Gasteiger partial charge in [-0.3, -0.25) is 14.0 Å². The molecule has 4 aromatic rings. The summed E-state index contributed by atoms with van der Waals surface area (Å²) in [6, 6.07) is 14.8. The van der Waals surface area contributed by atoms with Gasteiger partial charge in [-0.25, -0.2) is 9.78 Å². The van der Waals surface area contributed by atoms with Gasteiger partial charge in [0.2, 0.25) is 5.91 Å². The third kappa shape index (κ3) is 6.12. The Morgan fingerprint density at radius 3 is 2.41 bits per heavy atom. The summed E-state index contributed by atoms with van der Waals surface area (Å²) < 4.78 is 19.1. The van der Waals surface area contributed by atoms with Crippen molar-refractivity contribution in [1.29, 1.82) is 0 Å². The number of halogens is 2. The Kier molecular flexibility index (Phi) is 8.62. The standard InChI is InChI=1S/C33H33BCl2N4O6/c1-32(2)33(3,4)46-34(45-32)25-10-6-9-24(29(25)36)23-8-5-7-22(28(23)35)19-13-14-40-26(15-19)37-16-20(30(40)42)18-44-31(43)38-17-21-11-12-27(41)39-21/h5-10,13-16,21H,11-12,17-18H2,1-4H3,(H,38,43)(H,39,41)/t21-/m0/s1. The minimum absolute atomic E-state index is 0.0399. The van der Waals surface area contributed by atoms with Crippen molar-refractivity contribution in [2.24, 2.45) is 0 Å². The molecule has 6 rings (SSSR count). The van der Waals surface area contributed by atoms with E-state index in [0.29, 0.717) is 34.0 Å². The number of carbonyl (C=O) groups excluding carboxylic acids is 2. The second-order valence-electron chi connectivity index (χ2n) is 12.5. The van der Waals surface area contributed by atoms with E-state index in [2.05, 4.69) is 15.6 Å². The van der Waals surface area contributed by atoms with Crippen LogP contribution in [0.1, 0.15) is 46.1 Å². The summed E-state index contributed by atoms with van der Waals surface area (Å²) >= 11 is 14.0. The van der Waals surface area contributed by atoms with Gasteiger partial charge in [-0.2, -0.15) is 0 Å². The third-order valence-corrected chi connectivity index (χ3v) is 9.68. The number of hydrogen-bond acceptors (Lipinski definition) is 7. The molecule has 2 aromatic heterocycles. The first kappa shape index (κ1) is 32.1. The van der Waals surface area contributed by atoms with Gasteiger partial charge < -0.3 is 24.7 Å². The normalized spacial score (nSPS) is 18.5. The zero-order valence-corrected chi connectivity index (χ0v) is 27.4. The Bertz CT molecular complexity index is 1900. The lowest BCUT2D eigenvalue weighted by Crippen LogP contribution is -2.41. The van der Waals surface area contributed by atoms with Gasteiger partial charge in [-0.05, 0) is 51.8 Å². The van der Waals surface area contributed by atoms with Crippen molar-refractivity contribution in [2.45, 2.75) is 64.4 Å². The van der Waals surface area contributed by atoms with E-state index in [-0.39, 0.29) is 36.2 Å². The number of alkyl carbamates (subject to hydrolysis) is 1. The number of nitrogens with zero attached hydrogens (tertiary/aromatic N) is 2. The Labute approximate surface area is 276 Å². The van der Waals surface area contributed by atoms with Gasteiger partial charge in [-0.15, -0.1) is 0 Å². The summed E-state index contributed by atoms with van der Waals surface area (Å²) in [6.07, 6.45) is 3.41. The Hall–Kier alpha value is -3.90.